The van der Waals surface area contributed by atoms with Crippen molar-refractivity contribution < 1.29 is 37.4 Å². The number of rotatable bonds is 7. The fourth-order valence-electron chi connectivity index (χ4n) is 3.68. The molecule has 4 aromatic rings. The molecule has 0 aliphatic heterocycles. The largest absolute Gasteiger partial charge is 0.465 e. The number of carbonyl (C=O) groups is 2. The number of alkyl halides is 3. The Morgan fingerprint density at radius 1 is 0.947 bits per heavy atom. The van der Waals surface area contributed by atoms with E-state index >= 15 is 0 Å². The number of nitrogens with zero attached hydrogens (tertiary/aromatic N) is 2. The van der Waals surface area contributed by atoms with Gasteiger partial charge in [-0.15, -0.1) is 0 Å². The second-order valence-corrected chi connectivity index (χ2v) is 8.16. The van der Waals surface area contributed by atoms with Crippen molar-refractivity contribution in [3.63, 3.8) is 0 Å². The second kappa shape index (κ2) is 10.7. The molecule has 4 N–H and O–H groups in total. The van der Waals surface area contributed by atoms with Gasteiger partial charge in [0.1, 0.15) is 17.6 Å². The van der Waals surface area contributed by atoms with Gasteiger partial charge in [-0.05, 0) is 41.0 Å². The lowest BCUT2D eigenvalue weighted by Gasteiger charge is -2.14. The highest BCUT2D eigenvalue weighted by molar-refractivity contribution is 6.03. The van der Waals surface area contributed by atoms with E-state index in [9.17, 15) is 32.3 Å². The van der Waals surface area contributed by atoms with Gasteiger partial charge in [0.2, 0.25) is 0 Å². The van der Waals surface area contributed by atoms with Gasteiger partial charge in [0, 0.05) is 12.6 Å². The highest BCUT2D eigenvalue weighted by atomic mass is 19.4. The molecule has 1 unspecified atom stereocenters. The summed E-state index contributed by atoms with van der Waals surface area (Å²) < 4.78 is 55.7. The molecule has 1 aromatic heterocycles. The van der Waals surface area contributed by atoms with Gasteiger partial charge in [0.05, 0.1) is 11.4 Å². The molecular weight excluding hydrogens is 508 g/mol. The molecule has 1 atom stereocenters. The Labute approximate surface area is 213 Å². The van der Waals surface area contributed by atoms with Crippen LogP contribution in [-0.4, -0.2) is 32.0 Å². The average Bonchev–Trinajstić information content (AvgIpc) is 3.36. The summed E-state index contributed by atoms with van der Waals surface area (Å²) in [6.07, 6.45) is -7.32. The van der Waals surface area contributed by atoms with Gasteiger partial charge in [-0.1, -0.05) is 48.5 Å². The fraction of sp³-hybridized carbons (Fsp3) is 0.115. The zero-order valence-corrected chi connectivity index (χ0v) is 19.4. The number of nitrogens with one attached hydrogen (secondary N) is 2. The van der Waals surface area contributed by atoms with Gasteiger partial charge in [0.15, 0.2) is 5.69 Å². The van der Waals surface area contributed by atoms with Gasteiger partial charge in [-0.25, -0.2) is 13.9 Å². The van der Waals surface area contributed by atoms with Crippen molar-refractivity contribution in [3.05, 3.63) is 113 Å². The smallest absolute Gasteiger partial charge is 0.435 e. The first-order chi connectivity index (χ1) is 18.0. The lowest BCUT2D eigenvalue weighted by Crippen LogP contribution is -2.20. The molecule has 8 nitrogen and oxygen atoms in total. The summed E-state index contributed by atoms with van der Waals surface area (Å²) in [5.74, 6) is -1.96. The molecule has 0 radical (unpaired) electrons. The molecular formula is C26H20F4N4O4. The molecule has 38 heavy (non-hydrogen) atoms. The van der Waals surface area contributed by atoms with E-state index in [4.69, 9.17) is 5.11 Å². The van der Waals surface area contributed by atoms with E-state index in [1.54, 1.807) is 30.3 Å². The maximum atomic E-state index is 14.6. The molecule has 0 spiro atoms. The first-order valence-corrected chi connectivity index (χ1v) is 11.1. The Bertz CT molecular complexity index is 1470. The molecule has 0 saturated carbocycles. The number of aromatic nitrogens is 2. The van der Waals surface area contributed by atoms with E-state index in [1.807, 2.05) is 0 Å². The zero-order chi connectivity index (χ0) is 27.4. The van der Waals surface area contributed by atoms with Crippen LogP contribution in [0, 0.1) is 5.82 Å². The highest BCUT2D eigenvalue weighted by Gasteiger charge is 2.36. The van der Waals surface area contributed by atoms with E-state index in [0.29, 0.717) is 17.2 Å². The van der Waals surface area contributed by atoms with Crippen molar-refractivity contribution >= 4 is 17.7 Å². The lowest BCUT2D eigenvalue weighted by atomic mass is 10.0. The number of benzene rings is 3. The van der Waals surface area contributed by atoms with Gasteiger partial charge in [0.25, 0.3) is 5.91 Å². The monoisotopic (exact) mass is 528 g/mol. The number of hydrogen-bond acceptors (Lipinski definition) is 4. The molecule has 196 valence electrons. The van der Waals surface area contributed by atoms with E-state index in [0.717, 1.165) is 10.7 Å². The molecule has 4 rings (SSSR count). The normalized spacial score (nSPS) is 12.1. The van der Waals surface area contributed by atoms with Crippen LogP contribution in [-0.2, 0) is 12.7 Å². The summed E-state index contributed by atoms with van der Waals surface area (Å²) >= 11 is 0. The van der Waals surface area contributed by atoms with Crippen LogP contribution in [0.2, 0.25) is 0 Å². The van der Waals surface area contributed by atoms with Crippen molar-refractivity contribution in [2.24, 2.45) is 0 Å². The highest BCUT2D eigenvalue weighted by Crippen LogP contribution is 2.31. The minimum Gasteiger partial charge on any atom is -0.465 e. The molecule has 0 saturated heterocycles. The SMILES string of the molecule is O=C(O)NCc1cccc(-n2nc(C(F)(F)F)cc2C(=O)Nc2cc(C(O)c3ccccc3)ccc2F)c1. The number of aliphatic hydroxyl groups excluding tert-OH is 1. The van der Waals surface area contributed by atoms with Crippen LogP contribution in [0.1, 0.15) is 39.0 Å². The molecule has 12 heteroatoms. The Morgan fingerprint density at radius 3 is 2.37 bits per heavy atom. The minimum absolute atomic E-state index is 0.0454. The van der Waals surface area contributed by atoms with Gasteiger partial charge in [-0.2, -0.15) is 18.3 Å². The van der Waals surface area contributed by atoms with E-state index in [2.05, 4.69) is 15.7 Å². The third-order valence-electron chi connectivity index (χ3n) is 5.50. The third-order valence-corrected chi connectivity index (χ3v) is 5.50. The number of amides is 2. The lowest BCUT2D eigenvalue weighted by molar-refractivity contribution is -0.141. The minimum atomic E-state index is -4.88. The number of hydrogen-bond donors (Lipinski definition) is 4. The van der Waals surface area contributed by atoms with Crippen LogP contribution < -0.4 is 10.6 Å². The Kier molecular flexibility index (Phi) is 7.44. The third kappa shape index (κ3) is 5.98. The van der Waals surface area contributed by atoms with Crippen molar-refractivity contribution in [1.82, 2.24) is 15.1 Å². The summed E-state index contributed by atoms with van der Waals surface area (Å²) in [6.45, 7) is -0.139. The van der Waals surface area contributed by atoms with Crippen molar-refractivity contribution in [2.45, 2.75) is 18.8 Å². The summed E-state index contributed by atoms with van der Waals surface area (Å²) in [5, 5.41) is 27.3. The molecule has 3 aromatic carbocycles. The quantitative estimate of drug-likeness (QED) is 0.248. The first-order valence-electron chi connectivity index (χ1n) is 11.1. The second-order valence-electron chi connectivity index (χ2n) is 8.16. The topological polar surface area (TPSA) is 116 Å². The van der Waals surface area contributed by atoms with Crippen molar-refractivity contribution in [2.75, 3.05) is 5.32 Å². The molecule has 0 aliphatic carbocycles. The predicted octanol–water partition coefficient (Wildman–Crippen LogP) is 5.13. The summed E-state index contributed by atoms with van der Waals surface area (Å²) in [5.41, 5.74) is -1.06. The van der Waals surface area contributed by atoms with Crippen LogP contribution in [0.15, 0.2) is 78.9 Å². The van der Waals surface area contributed by atoms with Crippen LogP contribution in [0.4, 0.5) is 28.0 Å². The Morgan fingerprint density at radius 2 is 1.68 bits per heavy atom. The maximum Gasteiger partial charge on any atom is 0.435 e. The molecule has 2 amide bonds. The fourth-order valence-corrected chi connectivity index (χ4v) is 3.68. The number of halogens is 4. The molecule has 0 bridgehead atoms. The zero-order valence-electron chi connectivity index (χ0n) is 19.4. The van der Waals surface area contributed by atoms with Gasteiger partial charge in [-0.3, -0.25) is 4.79 Å². The van der Waals surface area contributed by atoms with Crippen LogP contribution >= 0.6 is 0 Å². The number of carboxylic acid groups (broad SMARTS) is 1. The standard InChI is InChI=1S/C26H20F4N4O4/c27-19-10-9-17(23(35)16-6-2-1-3-7-16)12-20(19)32-24(36)21-13-22(26(28,29)30)33-34(21)18-8-4-5-15(11-18)14-31-25(37)38/h1-13,23,31,35H,14H2,(H,32,36)(H,37,38). The van der Waals surface area contributed by atoms with E-state index < -0.39 is 41.5 Å². The van der Waals surface area contributed by atoms with Crippen LogP contribution in [0.25, 0.3) is 5.69 Å². The summed E-state index contributed by atoms with van der Waals surface area (Å²) in [4.78, 5) is 23.9. The van der Waals surface area contributed by atoms with Crippen molar-refractivity contribution in [3.8, 4) is 5.69 Å². The summed E-state index contributed by atoms with van der Waals surface area (Å²) in [7, 11) is 0. The van der Waals surface area contributed by atoms with Gasteiger partial charge < -0.3 is 20.8 Å². The number of carbonyl (C=O) groups excluding carboxylic acids is 1. The van der Waals surface area contributed by atoms with E-state index in [-0.39, 0.29) is 23.5 Å². The number of anilines is 1. The molecule has 1 heterocycles. The molecule has 0 fully saturated rings. The number of aliphatic hydroxyl groups is 1. The summed E-state index contributed by atoms with van der Waals surface area (Å²) in [6, 6.07) is 18.3. The Balaban J connectivity index is 1.68. The maximum absolute atomic E-state index is 14.6. The molecule has 0 aliphatic rings. The van der Waals surface area contributed by atoms with Crippen LogP contribution in [0.3, 0.4) is 0 Å². The van der Waals surface area contributed by atoms with E-state index in [1.165, 1.54) is 36.4 Å². The average molecular weight is 528 g/mol. The Hall–Kier alpha value is -4.71. The van der Waals surface area contributed by atoms with Crippen LogP contribution in [0.5, 0.6) is 0 Å². The first kappa shape index (κ1) is 26.4. The van der Waals surface area contributed by atoms with Crippen molar-refractivity contribution in [1.29, 1.82) is 0 Å². The van der Waals surface area contributed by atoms with Gasteiger partial charge >= 0.3 is 12.3 Å². The predicted molar refractivity (Wildman–Crippen MR) is 128 cm³/mol.